The fourth-order valence-corrected chi connectivity index (χ4v) is 7.99. The summed E-state index contributed by atoms with van der Waals surface area (Å²) in [4.78, 5) is 8.71. The maximum Gasteiger partial charge on any atom is 0.179 e. The Bertz CT molecular complexity index is 2830. The molecule has 9 rings (SSSR count). The van der Waals surface area contributed by atoms with Gasteiger partial charge in [-0.1, -0.05) is 111 Å². The third kappa shape index (κ3) is 6.89. The number of hydrazone groups is 2. The number of aliphatic imine (C=N–C) groups is 2. The molecule has 7 nitrogen and oxygen atoms in total. The van der Waals surface area contributed by atoms with E-state index < -0.39 is 0 Å². The number of hydrogen-bond acceptors (Lipinski definition) is 4. The maximum atomic E-state index is 4.85. The number of fused-ring (bicyclic) bond motifs is 9. The van der Waals surface area contributed by atoms with Gasteiger partial charge < -0.3 is 9.99 Å². The molecule has 57 heavy (non-hydrogen) atoms. The standard InChI is InChI=1S/C48H39N7.C2H6/c1-4-24-51-52-47(49-2)34-27-35(48(50-3)53-54-25-12-5-13-26-54)29-36(28-34)55-45-19-11-10-18-42(45)44-31-33(21-23-46(44)55)32-20-22-41-39-16-7-6-14-37(39)38-15-8-9-17-40(38)43(41)30-32;1-2/h4-10,12-18,20-23,25,27-31,51H,1-3,11,19,24,26H2;1-2H3/b52-47-,53-48-;. The molecule has 7 heteroatoms. The minimum Gasteiger partial charge on any atom is -0.313 e. The highest BCUT2D eigenvalue weighted by atomic mass is 15.5. The van der Waals surface area contributed by atoms with Crippen molar-refractivity contribution in [2.75, 3.05) is 13.1 Å². The molecule has 1 aliphatic heterocycles. The molecule has 1 aromatic heterocycles. The monoisotopic (exact) mass is 743 g/mol. The van der Waals surface area contributed by atoms with Crippen molar-refractivity contribution >= 4 is 74.4 Å². The van der Waals surface area contributed by atoms with Gasteiger partial charge in [0, 0.05) is 39.7 Å². The number of nitrogens with zero attached hydrogens (tertiary/aromatic N) is 6. The Morgan fingerprint density at radius 3 is 1.98 bits per heavy atom. The molecule has 2 aliphatic rings. The summed E-state index contributed by atoms with van der Waals surface area (Å²) in [6.45, 7) is 16.7. The van der Waals surface area contributed by atoms with Crippen molar-refractivity contribution in [3.63, 3.8) is 0 Å². The summed E-state index contributed by atoms with van der Waals surface area (Å²) in [6.07, 6.45) is 16.1. The lowest BCUT2D eigenvalue weighted by Crippen LogP contribution is -2.16. The molecule has 0 atom stereocenters. The van der Waals surface area contributed by atoms with Crippen LogP contribution in [0.25, 0.3) is 66.1 Å². The van der Waals surface area contributed by atoms with E-state index in [1.807, 2.05) is 49.4 Å². The summed E-state index contributed by atoms with van der Waals surface area (Å²) in [6, 6.07) is 37.5. The van der Waals surface area contributed by atoms with Crippen LogP contribution in [0.1, 0.15) is 42.7 Å². The van der Waals surface area contributed by atoms with Crippen molar-refractivity contribution in [3.05, 3.63) is 169 Å². The lowest BCUT2D eigenvalue weighted by Gasteiger charge is -2.18. The van der Waals surface area contributed by atoms with Crippen molar-refractivity contribution < 1.29 is 0 Å². The van der Waals surface area contributed by atoms with Gasteiger partial charge in [-0.25, -0.2) is 9.98 Å². The Kier molecular flexibility index (Phi) is 10.5. The third-order valence-electron chi connectivity index (χ3n) is 10.5. The summed E-state index contributed by atoms with van der Waals surface area (Å²) in [7, 11) is 0. The fourth-order valence-electron chi connectivity index (χ4n) is 7.99. The lowest BCUT2D eigenvalue weighted by atomic mass is 9.91. The Labute approximate surface area is 333 Å². The van der Waals surface area contributed by atoms with E-state index >= 15 is 0 Å². The number of allylic oxidation sites excluding steroid dienone is 3. The van der Waals surface area contributed by atoms with E-state index in [1.54, 1.807) is 6.08 Å². The highest BCUT2D eigenvalue weighted by Crippen LogP contribution is 2.40. The van der Waals surface area contributed by atoms with Crippen LogP contribution in [0.3, 0.4) is 0 Å². The first-order chi connectivity index (χ1) is 28.1. The van der Waals surface area contributed by atoms with E-state index in [4.69, 9.17) is 5.10 Å². The molecule has 1 N–H and O–H groups in total. The van der Waals surface area contributed by atoms with Crippen molar-refractivity contribution in [2.24, 2.45) is 20.2 Å². The first-order valence-corrected chi connectivity index (χ1v) is 19.5. The summed E-state index contributed by atoms with van der Waals surface area (Å²) in [5.74, 6) is 0.952. The molecule has 0 unspecified atom stereocenters. The number of hydrogen-bond donors (Lipinski definition) is 1. The van der Waals surface area contributed by atoms with Gasteiger partial charge >= 0.3 is 0 Å². The minimum atomic E-state index is 0.457. The number of aromatic nitrogens is 1. The smallest absolute Gasteiger partial charge is 0.179 e. The molecule has 0 saturated heterocycles. The van der Waals surface area contributed by atoms with Crippen LogP contribution in [-0.4, -0.2) is 47.8 Å². The van der Waals surface area contributed by atoms with Crippen molar-refractivity contribution in [1.29, 1.82) is 0 Å². The number of rotatable bonds is 8. The van der Waals surface area contributed by atoms with Gasteiger partial charge in [0.15, 0.2) is 11.7 Å². The van der Waals surface area contributed by atoms with Crippen molar-refractivity contribution in [3.8, 4) is 16.8 Å². The maximum absolute atomic E-state index is 4.85. The fraction of sp³-hybridized carbons (Fsp3) is 0.120. The predicted molar refractivity (Wildman–Crippen MR) is 245 cm³/mol. The molecule has 6 aromatic carbocycles. The van der Waals surface area contributed by atoms with E-state index in [0.29, 0.717) is 24.8 Å². The summed E-state index contributed by atoms with van der Waals surface area (Å²) < 4.78 is 2.37. The van der Waals surface area contributed by atoms with Gasteiger partial charge in [-0.3, -0.25) is 5.01 Å². The van der Waals surface area contributed by atoms with E-state index in [9.17, 15) is 0 Å². The molecule has 0 fully saturated rings. The van der Waals surface area contributed by atoms with Crippen LogP contribution in [0.15, 0.2) is 166 Å². The van der Waals surface area contributed by atoms with Gasteiger partial charge in [-0.05, 0) is 112 Å². The minimum absolute atomic E-state index is 0.457. The molecule has 0 saturated carbocycles. The van der Waals surface area contributed by atoms with E-state index in [0.717, 1.165) is 35.2 Å². The van der Waals surface area contributed by atoms with Crippen LogP contribution in [0, 0.1) is 0 Å². The molecule has 0 bridgehead atoms. The number of amidine groups is 2. The van der Waals surface area contributed by atoms with Crippen LogP contribution >= 0.6 is 0 Å². The van der Waals surface area contributed by atoms with Gasteiger partial charge in [0.2, 0.25) is 0 Å². The van der Waals surface area contributed by atoms with Gasteiger partial charge in [0.1, 0.15) is 0 Å². The van der Waals surface area contributed by atoms with Crippen molar-refractivity contribution in [2.45, 2.75) is 26.7 Å². The van der Waals surface area contributed by atoms with E-state index in [1.165, 1.54) is 60.1 Å². The zero-order chi connectivity index (χ0) is 39.3. The van der Waals surface area contributed by atoms with Crippen LogP contribution < -0.4 is 5.43 Å². The zero-order valence-corrected chi connectivity index (χ0v) is 32.5. The zero-order valence-electron chi connectivity index (χ0n) is 32.5. The predicted octanol–water partition coefficient (Wildman–Crippen LogP) is 11.6. The molecule has 280 valence electrons. The Hall–Kier alpha value is -7.12. The van der Waals surface area contributed by atoms with E-state index in [2.05, 4.69) is 154 Å². The second-order valence-corrected chi connectivity index (χ2v) is 13.7. The molecule has 2 heterocycles. The van der Waals surface area contributed by atoms with Crippen LogP contribution in [0.2, 0.25) is 0 Å². The first kappa shape index (κ1) is 36.8. The average molecular weight is 744 g/mol. The summed E-state index contributed by atoms with van der Waals surface area (Å²) in [5.41, 5.74) is 11.5. The second-order valence-electron chi connectivity index (χ2n) is 13.7. The molecule has 7 aromatic rings. The van der Waals surface area contributed by atoms with Gasteiger partial charge in [0.25, 0.3) is 0 Å². The summed E-state index contributed by atoms with van der Waals surface area (Å²) in [5, 5.41) is 20.1. The number of benzene rings is 6. The quantitative estimate of drug-likeness (QED) is 0.0420. The average Bonchev–Trinajstić information content (AvgIpc) is 3.61. The second kappa shape index (κ2) is 16.3. The van der Waals surface area contributed by atoms with E-state index in [-0.39, 0.29) is 0 Å². The number of nitrogens with one attached hydrogen (secondary N) is 1. The topological polar surface area (TPSA) is 69.6 Å². The van der Waals surface area contributed by atoms with Crippen LogP contribution in [-0.2, 0) is 6.42 Å². The highest BCUT2D eigenvalue weighted by molar-refractivity contribution is 6.25. The third-order valence-corrected chi connectivity index (χ3v) is 10.5. The largest absolute Gasteiger partial charge is 0.313 e. The van der Waals surface area contributed by atoms with Gasteiger partial charge in [-0.15, -0.1) is 6.58 Å². The lowest BCUT2D eigenvalue weighted by molar-refractivity contribution is 0.439. The van der Waals surface area contributed by atoms with Crippen molar-refractivity contribution in [1.82, 2.24) is 15.0 Å². The summed E-state index contributed by atoms with van der Waals surface area (Å²) >= 11 is 0. The molecular formula is C50H45N7. The van der Waals surface area contributed by atoms with Crippen LogP contribution in [0.4, 0.5) is 0 Å². The van der Waals surface area contributed by atoms with Gasteiger partial charge in [0.05, 0.1) is 18.6 Å². The molecule has 1 aliphatic carbocycles. The Morgan fingerprint density at radius 2 is 1.33 bits per heavy atom. The van der Waals surface area contributed by atoms with Gasteiger partial charge in [-0.2, -0.15) is 10.2 Å². The first-order valence-electron chi connectivity index (χ1n) is 19.5. The normalized spacial score (nSPS) is 13.8. The Morgan fingerprint density at radius 1 is 0.702 bits per heavy atom. The SMILES string of the molecule is C=CCN/N=C(\N=C)c1cc(/C(N=C)=N/N2C=CC=CC2)cc(-n2c3c(c4cc(-c5ccc6c7ccccc7c7ccccc7c6c5)ccc42)C=CCC3)c1.CC. The Balaban J connectivity index is 0.00000224. The molecular weight excluding hydrogens is 699 g/mol. The van der Waals surface area contributed by atoms with Crippen LogP contribution in [0.5, 0.6) is 0 Å². The highest BCUT2D eigenvalue weighted by Gasteiger charge is 2.22. The molecule has 0 spiro atoms. The molecule has 0 radical (unpaired) electrons. The molecule has 0 amide bonds.